The van der Waals surface area contributed by atoms with Gasteiger partial charge in [-0.05, 0) is 20.8 Å². The number of aromatic nitrogens is 3. The number of furan rings is 1. The van der Waals surface area contributed by atoms with Gasteiger partial charge in [0.2, 0.25) is 0 Å². The van der Waals surface area contributed by atoms with Gasteiger partial charge in [-0.15, -0.1) is 10.2 Å². The summed E-state index contributed by atoms with van der Waals surface area (Å²) in [5.41, 5.74) is 1.42. The van der Waals surface area contributed by atoms with Crippen molar-refractivity contribution >= 4 is 5.91 Å². The Balaban J connectivity index is 2.07. The number of amides is 1. The van der Waals surface area contributed by atoms with Gasteiger partial charge in [0, 0.05) is 12.6 Å². The molecule has 0 aliphatic rings. The van der Waals surface area contributed by atoms with Crippen molar-refractivity contribution in [2.75, 3.05) is 0 Å². The van der Waals surface area contributed by atoms with Crippen molar-refractivity contribution in [3.63, 3.8) is 0 Å². The number of nitrogens with one attached hydrogen (secondary N) is 1. The van der Waals surface area contributed by atoms with Gasteiger partial charge in [-0.2, -0.15) is 0 Å². The van der Waals surface area contributed by atoms with Crippen LogP contribution in [0.1, 0.15) is 33.3 Å². The number of hydrogen-bond acceptors (Lipinski definition) is 4. The second kappa shape index (κ2) is 4.64. The molecule has 0 aliphatic carbocycles. The van der Waals surface area contributed by atoms with Gasteiger partial charge in [-0.3, -0.25) is 4.79 Å². The van der Waals surface area contributed by atoms with Crippen molar-refractivity contribution in [3.05, 3.63) is 34.8 Å². The zero-order valence-electron chi connectivity index (χ0n) is 10.9. The van der Waals surface area contributed by atoms with Crippen LogP contribution in [0.2, 0.25) is 0 Å². The van der Waals surface area contributed by atoms with Crippen molar-refractivity contribution in [1.82, 2.24) is 20.1 Å². The Bertz CT molecular complexity index is 563. The average molecular weight is 248 g/mol. The maximum Gasteiger partial charge on any atom is 0.255 e. The molecule has 0 fully saturated rings. The molecule has 0 atom stereocenters. The van der Waals surface area contributed by atoms with E-state index in [1.165, 1.54) is 0 Å². The lowest BCUT2D eigenvalue weighted by Gasteiger charge is -2.05. The third-order valence-corrected chi connectivity index (χ3v) is 2.98. The molecular formula is C12H16N4O2. The zero-order valence-corrected chi connectivity index (χ0v) is 10.9. The predicted molar refractivity (Wildman–Crippen MR) is 65.1 cm³/mol. The van der Waals surface area contributed by atoms with Crippen LogP contribution in [0.15, 0.2) is 10.7 Å². The first-order chi connectivity index (χ1) is 8.50. The number of aryl methyl sites for hydroxylation is 3. The lowest BCUT2D eigenvalue weighted by Crippen LogP contribution is -2.25. The quantitative estimate of drug-likeness (QED) is 0.887. The van der Waals surface area contributed by atoms with E-state index < -0.39 is 0 Å². The summed E-state index contributed by atoms with van der Waals surface area (Å²) >= 11 is 0. The van der Waals surface area contributed by atoms with Gasteiger partial charge in [0.1, 0.15) is 11.6 Å². The molecule has 0 aromatic carbocycles. The third kappa shape index (κ3) is 2.13. The Morgan fingerprint density at radius 1 is 1.39 bits per heavy atom. The van der Waals surface area contributed by atoms with Crippen LogP contribution in [0.25, 0.3) is 0 Å². The van der Waals surface area contributed by atoms with E-state index >= 15 is 0 Å². The summed E-state index contributed by atoms with van der Waals surface area (Å²) in [5.74, 6) is 2.01. The van der Waals surface area contributed by atoms with E-state index in [0.29, 0.717) is 17.9 Å². The summed E-state index contributed by atoms with van der Waals surface area (Å²) in [6.45, 7) is 5.83. The highest BCUT2D eigenvalue weighted by molar-refractivity contribution is 5.96. The fourth-order valence-corrected chi connectivity index (χ4v) is 1.76. The predicted octanol–water partition coefficient (Wildman–Crippen LogP) is 1.26. The summed E-state index contributed by atoms with van der Waals surface area (Å²) in [7, 11) is 1.87. The van der Waals surface area contributed by atoms with Crippen molar-refractivity contribution in [3.8, 4) is 0 Å². The lowest BCUT2D eigenvalue weighted by atomic mass is 10.1. The number of nitrogens with zero attached hydrogens (tertiary/aromatic N) is 3. The monoisotopic (exact) mass is 248 g/mol. The molecular weight excluding hydrogens is 232 g/mol. The summed E-state index contributed by atoms with van der Waals surface area (Å²) in [6, 6.07) is 0. The second-order valence-electron chi connectivity index (χ2n) is 4.26. The van der Waals surface area contributed by atoms with Crippen LogP contribution >= 0.6 is 0 Å². The molecule has 6 nitrogen and oxygen atoms in total. The van der Waals surface area contributed by atoms with Gasteiger partial charge in [-0.25, -0.2) is 0 Å². The van der Waals surface area contributed by atoms with E-state index in [0.717, 1.165) is 17.2 Å². The van der Waals surface area contributed by atoms with E-state index in [1.807, 2.05) is 25.5 Å². The minimum Gasteiger partial charge on any atom is -0.469 e. The van der Waals surface area contributed by atoms with Gasteiger partial charge in [0.15, 0.2) is 5.82 Å². The van der Waals surface area contributed by atoms with Crippen molar-refractivity contribution in [2.45, 2.75) is 27.3 Å². The third-order valence-electron chi connectivity index (χ3n) is 2.98. The maximum absolute atomic E-state index is 12.0. The van der Waals surface area contributed by atoms with Crippen LogP contribution in [0.3, 0.4) is 0 Å². The molecule has 0 aliphatic heterocycles. The lowest BCUT2D eigenvalue weighted by molar-refractivity contribution is 0.0947. The molecule has 0 radical (unpaired) electrons. The highest BCUT2D eigenvalue weighted by Crippen LogP contribution is 2.15. The summed E-state index contributed by atoms with van der Waals surface area (Å²) in [5, 5.41) is 10.7. The molecule has 96 valence electrons. The molecule has 0 unspecified atom stereocenters. The first kappa shape index (κ1) is 12.3. The molecule has 0 saturated heterocycles. The fraction of sp³-hybridized carbons (Fsp3) is 0.417. The Labute approximate surface area is 105 Å². The molecule has 2 aromatic rings. The van der Waals surface area contributed by atoms with Crippen LogP contribution in [-0.4, -0.2) is 20.7 Å². The SMILES string of the molecule is Cc1coc(C)c1C(=O)NCc1nnc(C)n1C. The highest BCUT2D eigenvalue weighted by atomic mass is 16.3. The Morgan fingerprint density at radius 3 is 2.61 bits per heavy atom. The zero-order chi connectivity index (χ0) is 13.3. The van der Waals surface area contributed by atoms with Crippen molar-refractivity contribution in [2.24, 2.45) is 7.05 Å². The largest absolute Gasteiger partial charge is 0.469 e. The molecule has 1 amide bonds. The van der Waals surface area contributed by atoms with Crippen molar-refractivity contribution in [1.29, 1.82) is 0 Å². The number of rotatable bonds is 3. The molecule has 6 heteroatoms. The van der Waals surface area contributed by atoms with Gasteiger partial charge >= 0.3 is 0 Å². The van der Waals surface area contributed by atoms with Crippen LogP contribution < -0.4 is 5.32 Å². The molecule has 0 bridgehead atoms. The maximum atomic E-state index is 12.0. The highest BCUT2D eigenvalue weighted by Gasteiger charge is 2.16. The topological polar surface area (TPSA) is 73.0 Å². The van der Waals surface area contributed by atoms with Gasteiger partial charge in [0.05, 0.1) is 18.4 Å². The normalized spacial score (nSPS) is 10.7. The minimum atomic E-state index is -0.153. The molecule has 0 saturated carbocycles. The van der Waals surface area contributed by atoms with Crippen LogP contribution in [-0.2, 0) is 13.6 Å². The van der Waals surface area contributed by atoms with E-state index in [4.69, 9.17) is 4.42 Å². The second-order valence-corrected chi connectivity index (χ2v) is 4.26. The first-order valence-electron chi connectivity index (χ1n) is 5.68. The van der Waals surface area contributed by atoms with E-state index in [2.05, 4.69) is 15.5 Å². The van der Waals surface area contributed by atoms with E-state index in [9.17, 15) is 4.79 Å². The minimum absolute atomic E-state index is 0.153. The first-order valence-corrected chi connectivity index (χ1v) is 5.68. The van der Waals surface area contributed by atoms with Crippen LogP contribution in [0.4, 0.5) is 0 Å². The van der Waals surface area contributed by atoms with E-state index in [1.54, 1.807) is 13.2 Å². The molecule has 1 N–H and O–H groups in total. The average Bonchev–Trinajstić information content (AvgIpc) is 2.82. The molecule has 2 aromatic heterocycles. The Kier molecular flexibility index (Phi) is 3.18. The summed E-state index contributed by atoms with van der Waals surface area (Å²) in [4.78, 5) is 12.0. The molecule has 0 spiro atoms. The van der Waals surface area contributed by atoms with Gasteiger partial charge in [-0.1, -0.05) is 0 Å². The number of carbonyl (C=O) groups excluding carboxylic acids is 1. The van der Waals surface area contributed by atoms with Gasteiger partial charge in [0.25, 0.3) is 5.91 Å². The fourth-order valence-electron chi connectivity index (χ4n) is 1.76. The molecule has 2 rings (SSSR count). The number of hydrogen-bond donors (Lipinski definition) is 1. The molecule has 2 heterocycles. The van der Waals surface area contributed by atoms with Crippen LogP contribution in [0.5, 0.6) is 0 Å². The van der Waals surface area contributed by atoms with Crippen molar-refractivity contribution < 1.29 is 9.21 Å². The smallest absolute Gasteiger partial charge is 0.255 e. The Morgan fingerprint density at radius 2 is 2.11 bits per heavy atom. The number of carbonyl (C=O) groups is 1. The Hall–Kier alpha value is -2.11. The van der Waals surface area contributed by atoms with Crippen LogP contribution in [0, 0.1) is 20.8 Å². The van der Waals surface area contributed by atoms with Gasteiger partial charge < -0.3 is 14.3 Å². The standard InChI is InChI=1S/C12H16N4O2/c1-7-6-18-8(2)11(7)12(17)13-5-10-15-14-9(3)16(10)4/h6H,5H2,1-4H3,(H,13,17). The molecule has 18 heavy (non-hydrogen) atoms. The summed E-state index contributed by atoms with van der Waals surface area (Å²) < 4.78 is 7.04. The van der Waals surface area contributed by atoms with E-state index in [-0.39, 0.29) is 5.91 Å². The summed E-state index contributed by atoms with van der Waals surface area (Å²) in [6.07, 6.45) is 1.58.